The van der Waals surface area contributed by atoms with E-state index in [1.165, 1.54) is 18.4 Å². The molecule has 1 saturated heterocycles. The molecule has 1 amide bonds. The summed E-state index contributed by atoms with van der Waals surface area (Å²) in [6, 6.07) is 16.6. The third-order valence-corrected chi connectivity index (χ3v) is 7.41. The van der Waals surface area contributed by atoms with E-state index in [0.717, 1.165) is 62.4 Å². The lowest BCUT2D eigenvalue weighted by Gasteiger charge is -2.38. The Morgan fingerprint density at radius 3 is 2.50 bits per heavy atom. The fraction of sp³-hybridized carbons (Fsp3) is 0.462. The van der Waals surface area contributed by atoms with E-state index in [2.05, 4.69) is 51.6 Å². The number of carbonyl (C=O) groups is 1. The fourth-order valence-electron chi connectivity index (χ4n) is 5.30. The van der Waals surface area contributed by atoms with E-state index < -0.39 is 0 Å². The van der Waals surface area contributed by atoms with Crippen molar-refractivity contribution in [1.82, 2.24) is 19.4 Å². The average Bonchev–Trinajstić information content (AvgIpc) is 3.47. The Bertz CT molecular complexity index is 1080. The zero-order valence-electron chi connectivity index (χ0n) is 18.7. The van der Waals surface area contributed by atoms with Gasteiger partial charge in [0.05, 0.1) is 17.1 Å². The first kappa shape index (κ1) is 21.5. The molecule has 0 N–H and O–H groups in total. The Labute approximate surface area is 195 Å². The third kappa shape index (κ3) is 4.28. The predicted molar refractivity (Wildman–Crippen MR) is 129 cm³/mol. The predicted octanol–water partition coefficient (Wildman–Crippen LogP) is 5.13. The standard InChI is InChI=1S/C26H31ClN4O/c1-19(29-13-15-30(16-14-29)26(32)21-9-5-6-10-21)25-28-23-17-22(27)11-12-24(23)31(25)18-20-7-3-2-4-8-20/h2-4,7-8,11-12,17,19,21H,5-6,9-10,13-16,18H2,1H3. The van der Waals surface area contributed by atoms with Crippen molar-refractivity contribution in [2.75, 3.05) is 26.2 Å². The number of imidazole rings is 1. The number of halogens is 1. The smallest absolute Gasteiger partial charge is 0.225 e. The molecular weight excluding hydrogens is 420 g/mol. The molecule has 2 aromatic carbocycles. The van der Waals surface area contributed by atoms with Crippen LogP contribution in [0.25, 0.3) is 11.0 Å². The average molecular weight is 451 g/mol. The van der Waals surface area contributed by atoms with Gasteiger partial charge in [0.2, 0.25) is 5.91 Å². The van der Waals surface area contributed by atoms with Crippen LogP contribution >= 0.6 is 11.6 Å². The van der Waals surface area contributed by atoms with Gasteiger partial charge in [0.1, 0.15) is 5.82 Å². The molecule has 2 aliphatic rings. The van der Waals surface area contributed by atoms with Crippen molar-refractivity contribution < 1.29 is 4.79 Å². The van der Waals surface area contributed by atoms with Crippen LogP contribution in [-0.4, -0.2) is 51.4 Å². The number of carbonyl (C=O) groups excluding carboxylic acids is 1. The second-order valence-corrected chi connectivity index (χ2v) is 9.63. The van der Waals surface area contributed by atoms with Crippen LogP contribution in [0.4, 0.5) is 0 Å². The molecule has 1 saturated carbocycles. The van der Waals surface area contributed by atoms with Crippen LogP contribution in [0.3, 0.4) is 0 Å². The SMILES string of the molecule is CC(c1nc2cc(Cl)ccc2n1Cc1ccccc1)N1CCN(C(=O)C2CCCC2)CC1. The topological polar surface area (TPSA) is 41.4 Å². The number of nitrogens with zero attached hydrogens (tertiary/aromatic N) is 4. The minimum absolute atomic E-state index is 0.161. The number of hydrogen-bond acceptors (Lipinski definition) is 3. The van der Waals surface area contributed by atoms with Crippen LogP contribution in [0, 0.1) is 5.92 Å². The Balaban J connectivity index is 1.36. The number of piperazine rings is 1. The maximum absolute atomic E-state index is 12.8. The lowest BCUT2D eigenvalue weighted by atomic mass is 10.1. The van der Waals surface area contributed by atoms with Crippen LogP contribution < -0.4 is 0 Å². The molecule has 6 heteroatoms. The van der Waals surface area contributed by atoms with Gasteiger partial charge in [-0.25, -0.2) is 4.98 Å². The highest BCUT2D eigenvalue weighted by molar-refractivity contribution is 6.31. The number of amides is 1. The van der Waals surface area contributed by atoms with E-state index in [9.17, 15) is 4.79 Å². The van der Waals surface area contributed by atoms with Crippen molar-refractivity contribution >= 4 is 28.5 Å². The van der Waals surface area contributed by atoms with Crippen molar-refractivity contribution in [2.24, 2.45) is 5.92 Å². The first-order valence-electron chi connectivity index (χ1n) is 11.8. The van der Waals surface area contributed by atoms with E-state index >= 15 is 0 Å². The summed E-state index contributed by atoms with van der Waals surface area (Å²) in [5.41, 5.74) is 3.29. The lowest BCUT2D eigenvalue weighted by Crippen LogP contribution is -2.50. The molecule has 5 rings (SSSR count). The monoisotopic (exact) mass is 450 g/mol. The highest BCUT2D eigenvalue weighted by Gasteiger charge is 2.31. The molecule has 1 aliphatic heterocycles. The third-order valence-electron chi connectivity index (χ3n) is 7.18. The van der Waals surface area contributed by atoms with Gasteiger partial charge in [-0.05, 0) is 43.5 Å². The van der Waals surface area contributed by atoms with Gasteiger partial charge in [-0.15, -0.1) is 0 Å². The van der Waals surface area contributed by atoms with Crippen molar-refractivity contribution in [3.63, 3.8) is 0 Å². The molecule has 1 atom stereocenters. The molecule has 0 bridgehead atoms. The molecule has 1 aliphatic carbocycles. The summed E-state index contributed by atoms with van der Waals surface area (Å²) in [5.74, 6) is 1.70. The van der Waals surface area contributed by atoms with Gasteiger partial charge < -0.3 is 9.47 Å². The Morgan fingerprint density at radius 2 is 1.78 bits per heavy atom. The van der Waals surface area contributed by atoms with E-state index in [1.54, 1.807) is 0 Å². The molecule has 0 radical (unpaired) electrons. The number of fused-ring (bicyclic) bond motifs is 1. The summed E-state index contributed by atoms with van der Waals surface area (Å²) in [6.45, 7) is 6.40. The normalized spacial score (nSPS) is 19.0. The molecule has 168 valence electrons. The van der Waals surface area contributed by atoms with Crippen molar-refractivity contribution in [3.05, 3.63) is 64.9 Å². The summed E-state index contributed by atoms with van der Waals surface area (Å²) in [5, 5.41) is 0.708. The van der Waals surface area contributed by atoms with Crippen molar-refractivity contribution in [2.45, 2.75) is 45.2 Å². The van der Waals surface area contributed by atoms with Gasteiger partial charge in [0, 0.05) is 43.7 Å². The minimum atomic E-state index is 0.161. The van der Waals surface area contributed by atoms with Crippen LogP contribution in [0.5, 0.6) is 0 Å². The van der Waals surface area contributed by atoms with Gasteiger partial charge in [-0.2, -0.15) is 0 Å². The van der Waals surface area contributed by atoms with Gasteiger partial charge in [-0.1, -0.05) is 54.8 Å². The number of aromatic nitrogens is 2. The number of benzene rings is 2. The Kier molecular flexibility index (Phi) is 6.20. The van der Waals surface area contributed by atoms with Gasteiger partial charge in [0.15, 0.2) is 0 Å². The zero-order chi connectivity index (χ0) is 22.1. The van der Waals surface area contributed by atoms with E-state index in [-0.39, 0.29) is 12.0 Å². The maximum Gasteiger partial charge on any atom is 0.225 e. The second kappa shape index (κ2) is 9.24. The molecule has 2 heterocycles. The highest BCUT2D eigenvalue weighted by atomic mass is 35.5. The first-order valence-corrected chi connectivity index (χ1v) is 12.2. The van der Waals surface area contributed by atoms with Crippen molar-refractivity contribution in [3.8, 4) is 0 Å². The second-order valence-electron chi connectivity index (χ2n) is 9.19. The van der Waals surface area contributed by atoms with Crippen molar-refractivity contribution in [1.29, 1.82) is 0 Å². The molecule has 1 aromatic heterocycles. The first-order chi connectivity index (χ1) is 15.6. The Morgan fingerprint density at radius 1 is 1.06 bits per heavy atom. The van der Waals surface area contributed by atoms with E-state index in [4.69, 9.17) is 16.6 Å². The maximum atomic E-state index is 12.8. The van der Waals surface area contributed by atoms with E-state index in [0.29, 0.717) is 10.9 Å². The van der Waals surface area contributed by atoms with Crippen LogP contribution in [0.2, 0.25) is 5.02 Å². The van der Waals surface area contributed by atoms with E-state index in [1.807, 2.05) is 18.2 Å². The number of rotatable bonds is 5. The minimum Gasteiger partial charge on any atom is -0.340 e. The molecule has 32 heavy (non-hydrogen) atoms. The molecule has 0 spiro atoms. The largest absolute Gasteiger partial charge is 0.340 e. The fourth-order valence-corrected chi connectivity index (χ4v) is 5.46. The number of hydrogen-bond donors (Lipinski definition) is 0. The van der Waals surface area contributed by atoms with Crippen LogP contribution in [0.1, 0.15) is 50.0 Å². The van der Waals surface area contributed by atoms with Gasteiger partial charge in [0.25, 0.3) is 0 Å². The molecule has 1 unspecified atom stereocenters. The summed E-state index contributed by atoms with van der Waals surface area (Å²) in [6.07, 6.45) is 4.55. The molecule has 5 nitrogen and oxygen atoms in total. The summed E-state index contributed by atoms with van der Waals surface area (Å²) in [7, 11) is 0. The summed E-state index contributed by atoms with van der Waals surface area (Å²) < 4.78 is 2.32. The van der Waals surface area contributed by atoms with Gasteiger partial charge >= 0.3 is 0 Å². The zero-order valence-corrected chi connectivity index (χ0v) is 19.5. The highest BCUT2D eigenvalue weighted by Crippen LogP contribution is 2.30. The van der Waals surface area contributed by atoms with Crippen LogP contribution in [0.15, 0.2) is 48.5 Å². The van der Waals surface area contributed by atoms with Gasteiger partial charge in [-0.3, -0.25) is 9.69 Å². The summed E-state index contributed by atoms with van der Waals surface area (Å²) in [4.78, 5) is 22.4. The summed E-state index contributed by atoms with van der Waals surface area (Å²) >= 11 is 6.27. The molecule has 3 aromatic rings. The molecular formula is C26H31ClN4O. The quantitative estimate of drug-likeness (QED) is 0.540. The van der Waals surface area contributed by atoms with Crippen LogP contribution in [-0.2, 0) is 11.3 Å². The molecule has 2 fully saturated rings. The lowest BCUT2D eigenvalue weighted by molar-refractivity contribution is -0.137. The Hall–Kier alpha value is -2.37.